The molecule has 1 saturated carbocycles. The van der Waals surface area contributed by atoms with Crippen LogP contribution >= 0.6 is 0 Å². The Kier molecular flexibility index (Phi) is 9.93. The van der Waals surface area contributed by atoms with Crippen LogP contribution in [-0.2, 0) is 26.2 Å². The summed E-state index contributed by atoms with van der Waals surface area (Å²) in [6.45, 7) is 1.47. The summed E-state index contributed by atoms with van der Waals surface area (Å²) >= 11 is 0. The van der Waals surface area contributed by atoms with Crippen LogP contribution in [0.4, 0.5) is 10.1 Å². The molecule has 212 valence electrons. The third-order valence-electron chi connectivity index (χ3n) is 7.26. The Hall–Kier alpha value is -3.72. The van der Waals surface area contributed by atoms with Gasteiger partial charge in [-0.25, -0.2) is 12.8 Å². The van der Waals surface area contributed by atoms with Crippen molar-refractivity contribution in [2.45, 2.75) is 69.0 Å². The lowest BCUT2D eigenvalue weighted by molar-refractivity contribution is -0.140. The van der Waals surface area contributed by atoms with Crippen molar-refractivity contribution < 1.29 is 22.4 Å². The predicted molar refractivity (Wildman–Crippen MR) is 153 cm³/mol. The van der Waals surface area contributed by atoms with Gasteiger partial charge >= 0.3 is 0 Å². The van der Waals surface area contributed by atoms with E-state index in [1.807, 2.05) is 37.3 Å². The maximum atomic E-state index is 14.0. The van der Waals surface area contributed by atoms with E-state index in [9.17, 15) is 22.4 Å². The highest BCUT2D eigenvalue weighted by molar-refractivity contribution is 7.92. The molecule has 0 bridgehead atoms. The van der Waals surface area contributed by atoms with Gasteiger partial charge in [-0.05, 0) is 61.2 Å². The van der Waals surface area contributed by atoms with Gasteiger partial charge in [0.15, 0.2) is 0 Å². The molecule has 1 aliphatic carbocycles. The summed E-state index contributed by atoms with van der Waals surface area (Å²) in [5, 5.41) is 3.14. The van der Waals surface area contributed by atoms with Crippen molar-refractivity contribution in [3.63, 3.8) is 0 Å². The Morgan fingerprint density at radius 2 is 1.50 bits per heavy atom. The topological polar surface area (TPSA) is 86.8 Å². The van der Waals surface area contributed by atoms with Gasteiger partial charge in [0.25, 0.3) is 10.0 Å². The molecule has 0 radical (unpaired) electrons. The van der Waals surface area contributed by atoms with Gasteiger partial charge in [0.05, 0.1) is 10.6 Å². The molecule has 2 amide bonds. The van der Waals surface area contributed by atoms with Crippen LogP contribution in [0.25, 0.3) is 0 Å². The zero-order valence-electron chi connectivity index (χ0n) is 22.7. The summed E-state index contributed by atoms with van der Waals surface area (Å²) in [6.07, 6.45) is 5.45. The number of benzene rings is 3. The smallest absolute Gasteiger partial charge is 0.264 e. The number of carbonyl (C=O) groups is 2. The molecule has 7 nitrogen and oxygen atoms in total. The minimum absolute atomic E-state index is 0.0728. The number of amides is 2. The molecule has 0 spiro atoms. The van der Waals surface area contributed by atoms with E-state index in [1.165, 1.54) is 17.0 Å². The van der Waals surface area contributed by atoms with Crippen molar-refractivity contribution in [3.8, 4) is 0 Å². The molecular weight excluding hydrogens is 529 g/mol. The molecule has 0 unspecified atom stereocenters. The van der Waals surface area contributed by atoms with E-state index < -0.39 is 34.3 Å². The fourth-order valence-electron chi connectivity index (χ4n) is 5.10. The van der Waals surface area contributed by atoms with E-state index in [2.05, 4.69) is 5.32 Å². The molecule has 40 heavy (non-hydrogen) atoms. The monoisotopic (exact) mass is 565 g/mol. The summed E-state index contributed by atoms with van der Waals surface area (Å²) < 4.78 is 42.1. The predicted octanol–water partition coefficient (Wildman–Crippen LogP) is 5.28. The average molecular weight is 566 g/mol. The number of anilines is 1. The molecule has 1 N–H and O–H groups in total. The van der Waals surface area contributed by atoms with Crippen molar-refractivity contribution >= 4 is 27.5 Å². The zero-order chi connectivity index (χ0) is 28.5. The van der Waals surface area contributed by atoms with Gasteiger partial charge in [-0.2, -0.15) is 0 Å². The van der Waals surface area contributed by atoms with Crippen LogP contribution in [0.15, 0.2) is 89.8 Å². The number of sulfonamides is 1. The molecule has 0 saturated heterocycles. The average Bonchev–Trinajstić information content (AvgIpc) is 2.97. The Bertz CT molecular complexity index is 1360. The molecule has 3 aromatic rings. The summed E-state index contributed by atoms with van der Waals surface area (Å²) in [5.41, 5.74) is 1.12. The Morgan fingerprint density at radius 3 is 2.10 bits per heavy atom. The molecule has 3 aromatic carbocycles. The summed E-state index contributed by atoms with van der Waals surface area (Å²) in [7, 11) is -4.23. The second-order valence-electron chi connectivity index (χ2n) is 10.1. The molecule has 0 aliphatic heterocycles. The van der Waals surface area contributed by atoms with E-state index >= 15 is 0 Å². The Balaban J connectivity index is 1.67. The van der Waals surface area contributed by atoms with Crippen LogP contribution in [-0.4, -0.2) is 43.8 Å². The van der Waals surface area contributed by atoms with Crippen molar-refractivity contribution in [1.29, 1.82) is 0 Å². The van der Waals surface area contributed by atoms with Crippen LogP contribution in [0.1, 0.15) is 51.0 Å². The van der Waals surface area contributed by atoms with Gasteiger partial charge in [0.1, 0.15) is 18.4 Å². The number of hydrogen-bond donors (Lipinski definition) is 1. The number of para-hydroxylation sites is 1. The molecule has 0 aromatic heterocycles. The van der Waals surface area contributed by atoms with E-state index in [0.717, 1.165) is 54.1 Å². The van der Waals surface area contributed by atoms with E-state index in [4.69, 9.17) is 0 Å². The highest BCUT2D eigenvalue weighted by Gasteiger charge is 2.34. The lowest BCUT2D eigenvalue weighted by atomic mass is 9.95. The number of halogens is 1. The minimum Gasteiger partial charge on any atom is -0.352 e. The van der Waals surface area contributed by atoms with Crippen LogP contribution in [0, 0.1) is 5.82 Å². The van der Waals surface area contributed by atoms with Crippen molar-refractivity contribution in [2.24, 2.45) is 0 Å². The number of nitrogens with one attached hydrogen (secondary N) is 1. The molecular formula is C31H36FN3O4S. The maximum absolute atomic E-state index is 14.0. The molecule has 0 heterocycles. The molecule has 1 aliphatic rings. The van der Waals surface area contributed by atoms with Crippen LogP contribution < -0.4 is 9.62 Å². The van der Waals surface area contributed by atoms with Crippen molar-refractivity contribution in [1.82, 2.24) is 10.2 Å². The van der Waals surface area contributed by atoms with Crippen LogP contribution in [0.2, 0.25) is 0 Å². The highest BCUT2D eigenvalue weighted by atomic mass is 32.2. The van der Waals surface area contributed by atoms with Gasteiger partial charge < -0.3 is 10.2 Å². The van der Waals surface area contributed by atoms with Gasteiger partial charge in [0.2, 0.25) is 11.8 Å². The van der Waals surface area contributed by atoms with Gasteiger partial charge in [0, 0.05) is 12.6 Å². The molecule has 4 rings (SSSR count). The van der Waals surface area contributed by atoms with Crippen molar-refractivity contribution in [3.05, 3.63) is 96.3 Å². The first kappa shape index (κ1) is 29.3. The van der Waals surface area contributed by atoms with Crippen LogP contribution in [0.5, 0.6) is 0 Å². The summed E-state index contributed by atoms with van der Waals surface area (Å²) in [6, 6.07) is 21.4. The van der Waals surface area contributed by atoms with E-state index in [0.29, 0.717) is 12.1 Å². The normalized spacial score (nSPS) is 14.8. The fraction of sp³-hybridized carbons (Fsp3) is 0.355. The molecule has 9 heteroatoms. The number of carbonyl (C=O) groups excluding carboxylic acids is 2. The Labute approximate surface area is 236 Å². The van der Waals surface area contributed by atoms with E-state index in [-0.39, 0.29) is 23.4 Å². The highest BCUT2D eigenvalue weighted by Crippen LogP contribution is 2.25. The van der Waals surface area contributed by atoms with Gasteiger partial charge in [-0.1, -0.05) is 74.7 Å². The second-order valence-corrected chi connectivity index (χ2v) is 11.9. The molecule has 1 atom stereocenters. The van der Waals surface area contributed by atoms with Gasteiger partial charge in [-0.15, -0.1) is 0 Å². The lowest BCUT2D eigenvalue weighted by Gasteiger charge is -2.34. The first-order valence-electron chi connectivity index (χ1n) is 13.8. The molecule has 1 fully saturated rings. The lowest BCUT2D eigenvalue weighted by Crippen LogP contribution is -2.54. The first-order chi connectivity index (χ1) is 19.3. The third-order valence-corrected chi connectivity index (χ3v) is 9.05. The maximum Gasteiger partial charge on any atom is 0.264 e. The fourth-order valence-corrected chi connectivity index (χ4v) is 6.51. The minimum atomic E-state index is -4.23. The summed E-state index contributed by atoms with van der Waals surface area (Å²) in [4.78, 5) is 28.9. The van der Waals surface area contributed by atoms with Crippen LogP contribution in [0.3, 0.4) is 0 Å². The summed E-state index contributed by atoms with van der Waals surface area (Å²) in [5.74, 6) is -1.31. The standard InChI is InChI=1S/C31H36FN3O4S/c1-2-29(31(37)33-26-14-8-4-9-15-26)34(22-24-12-6-3-7-13-24)30(36)23-35(27-16-10-5-11-17-27)40(38,39)28-20-18-25(32)19-21-28/h3,5-7,10-13,16-21,26,29H,2,4,8-9,14-15,22-23H2,1H3,(H,33,37)/t29-/m0/s1. The quantitative estimate of drug-likeness (QED) is 0.343. The zero-order valence-corrected chi connectivity index (χ0v) is 23.5. The van der Waals surface area contributed by atoms with Crippen molar-refractivity contribution in [2.75, 3.05) is 10.8 Å². The third kappa shape index (κ3) is 7.27. The number of rotatable bonds is 11. The number of hydrogen-bond acceptors (Lipinski definition) is 4. The largest absolute Gasteiger partial charge is 0.352 e. The first-order valence-corrected chi connectivity index (χ1v) is 15.2. The van der Waals surface area contributed by atoms with Gasteiger partial charge in [-0.3, -0.25) is 13.9 Å². The van der Waals surface area contributed by atoms with E-state index in [1.54, 1.807) is 30.3 Å². The Morgan fingerprint density at radius 1 is 0.900 bits per heavy atom. The number of nitrogens with zero attached hydrogens (tertiary/aromatic N) is 2. The SMILES string of the molecule is CC[C@@H](C(=O)NC1CCCCC1)N(Cc1ccccc1)C(=O)CN(c1ccccc1)S(=O)(=O)c1ccc(F)cc1. The second kappa shape index (κ2) is 13.6.